The molecule has 1 fully saturated rings. The van der Waals surface area contributed by atoms with Crippen LogP contribution >= 0.6 is 0 Å². The third-order valence-electron chi connectivity index (χ3n) is 5.16. The van der Waals surface area contributed by atoms with Gasteiger partial charge in [0.1, 0.15) is 0 Å². The van der Waals surface area contributed by atoms with Gasteiger partial charge in [-0.2, -0.15) is 0 Å². The molecule has 0 bridgehead atoms. The lowest BCUT2D eigenvalue weighted by Crippen LogP contribution is -2.36. The Morgan fingerprint density at radius 3 is 2.95 bits per heavy atom. The van der Waals surface area contributed by atoms with E-state index in [-0.39, 0.29) is 0 Å². The van der Waals surface area contributed by atoms with Gasteiger partial charge in [-0.25, -0.2) is 0 Å². The standard InChI is InChI=1S/C19H28N2/c1-14(2)15-6-5-7-17(12-15)20-11-10-16-13-21-19-9-4-3-8-18(16)19/h3-4,8-9,13-15,17,20-21H,5-7,10-12H2,1-2H3. The third-order valence-corrected chi connectivity index (χ3v) is 5.16. The van der Waals surface area contributed by atoms with Crippen LogP contribution < -0.4 is 5.32 Å². The Labute approximate surface area is 128 Å². The summed E-state index contributed by atoms with van der Waals surface area (Å²) in [7, 11) is 0. The first-order valence-electron chi connectivity index (χ1n) is 8.52. The second kappa shape index (κ2) is 6.65. The van der Waals surface area contributed by atoms with Gasteiger partial charge in [0, 0.05) is 23.1 Å². The zero-order valence-corrected chi connectivity index (χ0v) is 13.4. The molecule has 1 heterocycles. The van der Waals surface area contributed by atoms with Crippen LogP contribution in [0.3, 0.4) is 0 Å². The number of para-hydroxylation sites is 1. The topological polar surface area (TPSA) is 27.8 Å². The average molecular weight is 284 g/mol. The van der Waals surface area contributed by atoms with Crippen LogP contribution in [0.5, 0.6) is 0 Å². The predicted molar refractivity (Wildman–Crippen MR) is 90.6 cm³/mol. The molecule has 1 aromatic carbocycles. The maximum absolute atomic E-state index is 3.80. The summed E-state index contributed by atoms with van der Waals surface area (Å²) in [5, 5.41) is 5.17. The number of H-pyrrole nitrogens is 1. The summed E-state index contributed by atoms with van der Waals surface area (Å²) in [5.41, 5.74) is 2.69. The van der Waals surface area contributed by atoms with E-state index in [1.807, 2.05) is 0 Å². The van der Waals surface area contributed by atoms with Gasteiger partial charge in [-0.1, -0.05) is 44.9 Å². The Morgan fingerprint density at radius 1 is 1.24 bits per heavy atom. The molecule has 1 aliphatic rings. The Kier molecular flexibility index (Phi) is 4.64. The molecule has 0 spiro atoms. The molecule has 21 heavy (non-hydrogen) atoms. The average Bonchev–Trinajstić information content (AvgIpc) is 2.91. The summed E-state index contributed by atoms with van der Waals surface area (Å²) >= 11 is 0. The molecule has 1 saturated carbocycles. The number of aromatic nitrogens is 1. The van der Waals surface area contributed by atoms with Crippen LogP contribution in [0.4, 0.5) is 0 Å². The van der Waals surface area contributed by atoms with Gasteiger partial charge in [-0.3, -0.25) is 0 Å². The first-order valence-corrected chi connectivity index (χ1v) is 8.52. The fraction of sp³-hybridized carbons (Fsp3) is 0.579. The van der Waals surface area contributed by atoms with Crippen LogP contribution in [0.15, 0.2) is 30.5 Å². The molecule has 2 heteroatoms. The smallest absolute Gasteiger partial charge is 0.0456 e. The van der Waals surface area contributed by atoms with E-state index >= 15 is 0 Å². The van der Waals surface area contributed by atoms with Gasteiger partial charge in [0.05, 0.1) is 0 Å². The second-order valence-electron chi connectivity index (χ2n) is 6.93. The second-order valence-corrected chi connectivity index (χ2v) is 6.93. The van der Waals surface area contributed by atoms with E-state index in [0.717, 1.165) is 30.8 Å². The SMILES string of the molecule is CC(C)C1CCCC(NCCc2c[nH]c3ccccc23)C1. The molecule has 2 nitrogen and oxygen atoms in total. The van der Waals surface area contributed by atoms with Crippen molar-refractivity contribution in [1.82, 2.24) is 10.3 Å². The number of hydrogen-bond acceptors (Lipinski definition) is 1. The predicted octanol–water partition coefficient (Wildman–Crippen LogP) is 4.51. The van der Waals surface area contributed by atoms with Crippen molar-refractivity contribution in [2.24, 2.45) is 11.8 Å². The van der Waals surface area contributed by atoms with Crippen molar-refractivity contribution >= 4 is 10.9 Å². The van der Waals surface area contributed by atoms with Crippen LogP contribution in [0.2, 0.25) is 0 Å². The molecule has 114 valence electrons. The number of hydrogen-bond donors (Lipinski definition) is 2. The molecule has 2 atom stereocenters. The largest absolute Gasteiger partial charge is 0.361 e. The molecule has 0 radical (unpaired) electrons. The van der Waals surface area contributed by atoms with Gasteiger partial charge in [-0.05, 0) is 49.3 Å². The number of aromatic amines is 1. The lowest BCUT2D eigenvalue weighted by Gasteiger charge is -2.32. The first kappa shape index (κ1) is 14.6. The van der Waals surface area contributed by atoms with Gasteiger partial charge in [0.15, 0.2) is 0 Å². The lowest BCUT2D eigenvalue weighted by atomic mass is 9.79. The Bertz CT molecular complexity index is 570. The van der Waals surface area contributed by atoms with Gasteiger partial charge in [0.25, 0.3) is 0 Å². The summed E-state index contributed by atoms with van der Waals surface area (Å²) in [6, 6.07) is 9.32. The zero-order chi connectivity index (χ0) is 14.7. The first-order chi connectivity index (χ1) is 10.2. The highest BCUT2D eigenvalue weighted by molar-refractivity contribution is 5.83. The van der Waals surface area contributed by atoms with Crippen molar-refractivity contribution in [1.29, 1.82) is 0 Å². The third kappa shape index (κ3) is 3.49. The zero-order valence-electron chi connectivity index (χ0n) is 13.4. The van der Waals surface area contributed by atoms with Crippen LogP contribution in [-0.2, 0) is 6.42 Å². The summed E-state index contributed by atoms with van der Waals surface area (Å²) in [5.74, 6) is 1.76. The Hall–Kier alpha value is -1.28. The summed E-state index contributed by atoms with van der Waals surface area (Å²) < 4.78 is 0. The van der Waals surface area contributed by atoms with E-state index in [2.05, 4.69) is 54.6 Å². The van der Waals surface area contributed by atoms with Crippen LogP contribution in [0.1, 0.15) is 45.1 Å². The molecule has 0 aliphatic heterocycles. The minimum atomic E-state index is 0.733. The fourth-order valence-corrected chi connectivity index (χ4v) is 3.77. The highest BCUT2D eigenvalue weighted by Crippen LogP contribution is 2.29. The van der Waals surface area contributed by atoms with E-state index in [1.54, 1.807) is 0 Å². The fourth-order valence-electron chi connectivity index (χ4n) is 3.77. The molecule has 2 unspecified atom stereocenters. The van der Waals surface area contributed by atoms with E-state index in [1.165, 1.54) is 42.1 Å². The normalized spacial score (nSPS) is 23.0. The van der Waals surface area contributed by atoms with Gasteiger partial charge in [0.2, 0.25) is 0 Å². The quantitative estimate of drug-likeness (QED) is 0.830. The highest BCUT2D eigenvalue weighted by Gasteiger charge is 2.23. The van der Waals surface area contributed by atoms with Crippen molar-refractivity contribution < 1.29 is 0 Å². The monoisotopic (exact) mass is 284 g/mol. The lowest BCUT2D eigenvalue weighted by molar-refractivity contribution is 0.232. The van der Waals surface area contributed by atoms with E-state index in [9.17, 15) is 0 Å². The minimum absolute atomic E-state index is 0.733. The van der Waals surface area contributed by atoms with E-state index in [0.29, 0.717) is 0 Å². The van der Waals surface area contributed by atoms with Crippen molar-refractivity contribution in [3.05, 3.63) is 36.0 Å². The van der Waals surface area contributed by atoms with E-state index in [4.69, 9.17) is 0 Å². The number of nitrogens with one attached hydrogen (secondary N) is 2. The van der Waals surface area contributed by atoms with E-state index < -0.39 is 0 Å². The van der Waals surface area contributed by atoms with Crippen molar-refractivity contribution in [3.8, 4) is 0 Å². The maximum Gasteiger partial charge on any atom is 0.0456 e. The van der Waals surface area contributed by atoms with Crippen LogP contribution in [-0.4, -0.2) is 17.6 Å². The summed E-state index contributed by atoms with van der Waals surface area (Å²) in [6.45, 7) is 5.84. The molecule has 1 aromatic heterocycles. The summed E-state index contributed by atoms with van der Waals surface area (Å²) in [4.78, 5) is 3.37. The van der Waals surface area contributed by atoms with Gasteiger partial charge >= 0.3 is 0 Å². The molecular weight excluding hydrogens is 256 g/mol. The molecule has 0 saturated heterocycles. The number of fused-ring (bicyclic) bond motifs is 1. The molecule has 1 aliphatic carbocycles. The Balaban J connectivity index is 1.52. The molecule has 2 N–H and O–H groups in total. The maximum atomic E-state index is 3.80. The molecule has 0 amide bonds. The molecular formula is C19H28N2. The van der Waals surface area contributed by atoms with Crippen molar-refractivity contribution in [2.45, 2.75) is 52.0 Å². The number of benzene rings is 1. The summed E-state index contributed by atoms with van der Waals surface area (Å²) in [6.07, 6.45) is 8.84. The van der Waals surface area contributed by atoms with Crippen molar-refractivity contribution in [3.63, 3.8) is 0 Å². The molecule has 3 rings (SSSR count). The van der Waals surface area contributed by atoms with Crippen LogP contribution in [0, 0.1) is 11.8 Å². The minimum Gasteiger partial charge on any atom is -0.361 e. The van der Waals surface area contributed by atoms with Crippen LogP contribution in [0.25, 0.3) is 10.9 Å². The number of rotatable bonds is 5. The Morgan fingerprint density at radius 2 is 2.10 bits per heavy atom. The highest BCUT2D eigenvalue weighted by atomic mass is 14.9. The van der Waals surface area contributed by atoms with Gasteiger partial charge < -0.3 is 10.3 Å². The molecule has 2 aromatic rings. The van der Waals surface area contributed by atoms with Crippen molar-refractivity contribution in [2.75, 3.05) is 6.54 Å². The van der Waals surface area contributed by atoms with Gasteiger partial charge in [-0.15, -0.1) is 0 Å².